The van der Waals surface area contributed by atoms with Crippen LogP contribution >= 0.6 is 0 Å². The Balaban J connectivity index is 0. The maximum atomic E-state index is 9.04. The zero-order valence-electron chi connectivity index (χ0n) is 6.92. The van der Waals surface area contributed by atoms with Gasteiger partial charge in [-0.15, -0.1) is 0 Å². The van der Waals surface area contributed by atoms with Gasteiger partial charge in [-0.2, -0.15) is 0 Å². The Hall–Kier alpha value is -0.480. The predicted molar refractivity (Wildman–Crippen MR) is 45.8 cm³/mol. The van der Waals surface area contributed by atoms with Crippen LogP contribution in [0, 0.1) is 7.43 Å². The van der Waals surface area contributed by atoms with Gasteiger partial charge < -0.3 is 15.9 Å². The van der Waals surface area contributed by atoms with E-state index in [-0.39, 0.29) is 41.3 Å². The van der Waals surface area contributed by atoms with Crippen molar-refractivity contribution in [3.63, 3.8) is 0 Å². The van der Waals surface area contributed by atoms with Gasteiger partial charge in [-0.05, 0) is 30.7 Å². The molecule has 1 rings (SSSR count). The molecule has 0 aliphatic carbocycles. The Labute approximate surface area is 94.1 Å². The summed E-state index contributed by atoms with van der Waals surface area (Å²) in [5.41, 5.74) is 6.24. The third kappa shape index (κ3) is 4.33. The summed E-state index contributed by atoms with van der Waals surface area (Å²) >= 11 is 0. The zero-order valence-corrected chi connectivity index (χ0v) is 9.09. The van der Waals surface area contributed by atoms with Crippen LogP contribution < -0.4 is 5.73 Å². The van der Waals surface area contributed by atoms with Gasteiger partial charge >= 0.3 is 0 Å². The van der Waals surface area contributed by atoms with Crippen molar-refractivity contribution in [3.8, 4) is 11.5 Å². The van der Waals surface area contributed by atoms with E-state index < -0.39 is 0 Å². The van der Waals surface area contributed by atoms with Gasteiger partial charge in [0.25, 0.3) is 0 Å². The molecule has 1 aromatic rings. The number of hydrogen-bond donors (Lipinski definition) is 3. The minimum absolute atomic E-state index is 0. The average Bonchev–Trinajstić information content (AvgIpc) is 1.98. The van der Waals surface area contributed by atoms with Gasteiger partial charge in [-0.25, -0.2) is 0 Å². The molecule has 0 aliphatic heterocycles. The summed E-state index contributed by atoms with van der Waals surface area (Å²) in [6, 6.07) is 4.71. The second-order valence-corrected chi connectivity index (χ2v) is 2.36. The number of rotatable bonds is 2. The first-order valence-corrected chi connectivity index (χ1v) is 3.45. The fourth-order valence-corrected chi connectivity index (χ4v) is 0.891. The van der Waals surface area contributed by atoms with E-state index in [0.717, 1.165) is 5.56 Å². The fraction of sp³-hybridized carbons (Fsp3) is 0.222. The number of nitrogens with two attached hydrogens (primary N) is 1. The van der Waals surface area contributed by atoms with E-state index in [2.05, 4.69) is 0 Å². The molecule has 0 saturated heterocycles. The summed E-state index contributed by atoms with van der Waals surface area (Å²) in [5.74, 6) is -0.179. The van der Waals surface area contributed by atoms with E-state index in [4.69, 9.17) is 15.9 Å². The Morgan fingerprint density at radius 3 is 2.23 bits per heavy atom. The number of benzene rings is 1. The molecule has 3 nitrogen and oxygen atoms in total. The smallest absolute Gasteiger partial charge is 0.157 e. The van der Waals surface area contributed by atoms with Gasteiger partial charge in [0, 0.05) is 29.8 Å². The Morgan fingerprint density at radius 1 is 1.15 bits per heavy atom. The van der Waals surface area contributed by atoms with Crippen molar-refractivity contribution in [1.29, 1.82) is 0 Å². The maximum absolute atomic E-state index is 9.04. The van der Waals surface area contributed by atoms with Crippen LogP contribution in [0.4, 0.5) is 0 Å². The fourth-order valence-electron chi connectivity index (χ4n) is 0.891. The van der Waals surface area contributed by atoms with Crippen LogP contribution in [0.25, 0.3) is 0 Å². The third-order valence-electron chi connectivity index (χ3n) is 1.47. The summed E-state index contributed by atoms with van der Waals surface area (Å²) in [4.78, 5) is 0. The molecule has 75 valence electrons. The number of aromatic hydroxyl groups is 2. The molecule has 13 heavy (non-hydrogen) atoms. The van der Waals surface area contributed by atoms with Crippen molar-refractivity contribution >= 4 is 0 Å². The topological polar surface area (TPSA) is 66.5 Å². The molecule has 4 N–H and O–H groups in total. The number of phenolic OH excluding ortho intramolecular Hbond substituents is 2. The summed E-state index contributed by atoms with van der Waals surface area (Å²) in [7, 11) is 0. The molecular formula is C9H11AuNO2. The SMILES string of the molecule is NCCc1ccc(O)c(O)c1.[Au].[C]. The Bertz CT molecular complexity index is 253. The van der Waals surface area contributed by atoms with Crippen LogP contribution in [0.1, 0.15) is 5.56 Å². The van der Waals surface area contributed by atoms with Crippen LogP contribution in [0.5, 0.6) is 11.5 Å². The van der Waals surface area contributed by atoms with Gasteiger partial charge in [-0.3, -0.25) is 0 Å². The monoisotopic (exact) mass is 362 g/mol. The number of hydrogen-bond acceptors (Lipinski definition) is 3. The van der Waals surface area contributed by atoms with Crippen molar-refractivity contribution in [2.75, 3.05) is 6.54 Å². The molecule has 0 aromatic heterocycles. The summed E-state index contributed by atoms with van der Waals surface area (Å²) in [5, 5.41) is 18.0. The first-order valence-electron chi connectivity index (χ1n) is 3.45. The first-order chi connectivity index (χ1) is 5.24. The largest absolute Gasteiger partial charge is 0.504 e. The minimum atomic E-state index is -0.0919. The van der Waals surface area contributed by atoms with E-state index in [1.807, 2.05) is 0 Å². The molecule has 5 radical (unpaired) electrons. The molecule has 0 bridgehead atoms. The van der Waals surface area contributed by atoms with Crippen molar-refractivity contribution in [2.24, 2.45) is 5.73 Å². The van der Waals surface area contributed by atoms with Crippen LogP contribution in [-0.4, -0.2) is 16.8 Å². The van der Waals surface area contributed by atoms with Gasteiger partial charge in [0.05, 0.1) is 0 Å². The van der Waals surface area contributed by atoms with Crippen LogP contribution in [0.2, 0.25) is 0 Å². The molecule has 0 spiro atoms. The zero-order chi connectivity index (χ0) is 8.27. The van der Waals surface area contributed by atoms with Gasteiger partial charge in [0.1, 0.15) is 0 Å². The van der Waals surface area contributed by atoms with Crippen LogP contribution in [-0.2, 0) is 28.8 Å². The molecule has 1 aromatic carbocycles. The molecule has 0 aliphatic rings. The summed E-state index contributed by atoms with van der Waals surface area (Å²) < 4.78 is 0. The van der Waals surface area contributed by atoms with Crippen molar-refractivity contribution in [1.82, 2.24) is 0 Å². The van der Waals surface area contributed by atoms with Gasteiger partial charge in [-0.1, -0.05) is 6.07 Å². The number of phenols is 2. The molecule has 0 heterocycles. The van der Waals surface area contributed by atoms with E-state index in [0.29, 0.717) is 13.0 Å². The summed E-state index contributed by atoms with van der Waals surface area (Å²) in [6.07, 6.45) is 0.716. The van der Waals surface area contributed by atoms with Crippen molar-refractivity contribution in [2.45, 2.75) is 6.42 Å². The van der Waals surface area contributed by atoms with Gasteiger partial charge in [0.15, 0.2) is 11.5 Å². The second kappa shape index (κ2) is 6.98. The van der Waals surface area contributed by atoms with Gasteiger partial charge in [0.2, 0.25) is 0 Å². The predicted octanol–water partition coefficient (Wildman–Crippen LogP) is 0.678. The molecule has 4 heteroatoms. The standard InChI is InChI=1S/C8H11NO2.C.Au/c9-4-3-6-1-2-7(10)8(11)5-6;;/h1-2,5,10-11H,3-4,9H2;;. The Kier molecular flexibility index (Phi) is 8.06. The van der Waals surface area contributed by atoms with Crippen molar-refractivity contribution in [3.05, 3.63) is 31.2 Å². The molecular weight excluding hydrogens is 351 g/mol. The van der Waals surface area contributed by atoms with Crippen LogP contribution in [0.3, 0.4) is 0 Å². The molecule has 0 atom stereocenters. The third-order valence-corrected chi connectivity index (χ3v) is 1.47. The molecule has 0 fully saturated rings. The minimum Gasteiger partial charge on any atom is -0.504 e. The quantitative estimate of drug-likeness (QED) is 0.536. The summed E-state index contributed by atoms with van der Waals surface area (Å²) in [6.45, 7) is 0.546. The maximum Gasteiger partial charge on any atom is 0.157 e. The molecule has 0 amide bonds. The Morgan fingerprint density at radius 2 is 1.77 bits per heavy atom. The van der Waals surface area contributed by atoms with Crippen molar-refractivity contribution < 1.29 is 32.6 Å². The first kappa shape index (κ1) is 15.0. The molecule has 0 saturated carbocycles. The van der Waals surface area contributed by atoms with E-state index in [1.165, 1.54) is 12.1 Å². The second-order valence-electron chi connectivity index (χ2n) is 2.36. The van der Waals surface area contributed by atoms with Crippen LogP contribution in [0.15, 0.2) is 18.2 Å². The van der Waals surface area contributed by atoms with E-state index in [1.54, 1.807) is 6.07 Å². The van der Waals surface area contributed by atoms with E-state index >= 15 is 0 Å². The molecule has 0 unspecified atom stereocenters. The van der Waals surface area contributed by atoms with E-state index in [9.17, 15) is 0 Å². The average molecular weight is 362 g/mol. The normalized spacial score (nSPS) is 8.38.